The third kappa shape index (κ3) is 3.69. The van der Waals surface area contributed by atoms with Crippen LogP contribution in [0.15, 0.2) is 59.4 Å². The number of aryl methyl sites for hydroxylation is 1. The molecule has 8 heteroatoms. The summed E-state index contributed by atoms with van der Waals surface area (Å²) in [6.07, 6.45) is 0. The molecule has 0 radical (unpaired) electrons. The zero-order valence-electron chi connectivity index (χ0n) is 14.2. The molecule has 0 saturated carbocycles. The van der Waals surface area contributed by atoms with Crippen LogP contribution in [0.5, 0.6) is 5.75 Å². The van der Waals surface area contributed by atoms with Crippen molar-refractivity contribution in [2.24, 2.45) is 0 Å². The number of carbonyl (C=O) groups is 2. The molecule has 136 valence electrons. The highest BCUT2D eigenvalue weighted by Crippen LogP contribution is 2.19. The van der Waals surface area contributed by atoms with Gasteiger partial charge < -0.3 is 15.5 Å². The second-order valence-electron chi connectivity index (χ2n) is 5.77. The van der Waals surface area contributed by atoms with Crippen molar-refractivity contribution >= 4 is 17.6 Å². The van der Waals surface area contributed by atoms with Gasteiger partial charge in [0.1, 0.15) is 0 Å². The Morgan fingerprint density at radius 1 is 1.07 bits per heavy atom. The molecule has 1 amide bonds. The number of para-hydroxylation sites is 1. The van der Waals surface area contributed by atoms with Gasteiger partial charge in [-0.2, -0.15) is 9.78 Å². The molecule has 3 N–H and O–H groups in total. The van der Waals surface area contributed by atoms with Crippen LogP contribution in [0, 0.1) is 6.92 Å². The number of hydrogen-bond acceptors (Lipinski definition) is 5. The molecule has 0 aliphatic heterocycles. The minimum Gasteiger partial charge on any atom is -0.505 e. The Bertz CT molecular complexity index is 1100. The number of rotatable bonds is 4. The fourth-order valence-corrected chi connectivity index (χ4v) is 2.51. The molecule has 3 rings (SSSR count). The minimum absolute atomic E-state index is 0.0458. The smallest absolute Gasteiger partial charge is 0.337 e. The fraction of sp³-hybridized carbons (Fsp3) is 0.0526. The number of aromatic nitrogens is 2. The average molecular weight is 365 g/mol. The molecule has 0 bridgehead atoms. The van der Waals surface area contributed by atoms with E-state index in [0.717, 1.165) is 16.3 Å². The van der Waals surface area contributed by atoms with Gasteiger partial charge in [-0.05, 0) is 36.8 Å². The van der Waals surface area contributed by atoms with Gasteiger partial charge in [0.25, 0.3) is 11.5 Å². The molecule has 0 fully saturated rings. The third-order valence-electron chi connectivity index (χ3n) is 3.78. The lowest BCUT2D eigenvalue weighted by Gasteiger charge is -2.11. The maximum Gasteiger partial charge on any atom is 0.337 e. The summed E-state index contributed by atoms with van der Waals surface area (Å²) in [5.74, 6) is -2.66. The molecule has 1 heterocycles. The normalized spacial score (nSPS) is 10.4. The van der Waals surface area contributed by atoms with Gasteiger partial charge in [-0.3, -0.25) is 9.59 Å². The van der Waals surface area contributed by atoms with Crippen LogP contribution in [0.3, 0.4) is 0 Å². The number of nitrogens with one attached hydrogen (secondary N) is 1. The number of carboxylic acid groups (broad SMARTS) is 1. The number of nitrogens with zero attached hydrogens (tertiary/aromatic N) is 2. The van der Waals surface area contributed by atoms with Gasteiger partial charge in [0.2, 0.25) is 0 Å². The van der Waals surface area contributed by atoms with E-state index < -0.39 is 28.9 Å². The van der Waals surface area contributed by atoms with E-state index in [4.69, 9.17) is 0 Å². The number of amides is 1. The van der Waals surface area contributed by atoms with Crippen LogP contribution < -0.4 is 10.9 Å². The van der Waals surface area contributed by atoms with Crippen LogP contribution in [0.4, 0.5) is 5.69 Å². The topological polar surface area (TPSA) is 122 Å². The Morgan fingerprint density at radius 3 is 2.52 bits per heavy atom. The lowest BCUT2D eigenvalue weighted by Crippen LogP contribution is -2.25. The number of aromatic hydroxyl groups is 1. The van der Waals surface area contributed by atoms with Crippen LogP contribution in [-0.4, -0.2) is 31.9 Å². The predicted octanol–water partition coefficient (Wildman–Crippen LogP) is 2.20. The van der Waals surface area contributed by atoms with Crippen molar-refractivity contribution in [3.8, 4) is 11.4 Å². The minimum atomic E-state index is -1.21. The van der Waals surface area contributed by atoms with Crippen molar-refractivity contribution in [2.75, 3.05) is 5.32 Å². The molecule has 1 aromatic heterocycles. The van der Waals surface area contributed by atoms with Gasteiger partial charge >= 0.3 is 5.97 Å². The van der Waals surface area contributed by atoms with Crippen molar-refractivity contribution in [3.05, 3.63) is 81.8 Å². The van der Waals surface area contributed by atoms with Gasteiger partial charge in [0.15, 0.2) is 11.4 Å². The fourth-order valence-electron chi connectivity index (χ4n) is 2.51. The number of hydrogen-bond donors (Lipinski definition) is 3. The predicted molar refractivity (Wildman–Crippen MR) is 97.6 cm³/mol. The summed E-state index contributed by atoms with van der Waals surface area (Å²) in [5, 5.41) is 25.5. The van der Waals surface area contributed by atoms with Gasteiger partial charge in [0, 0.05) is 6.07 Å². The molecule has 0 aliphatic carbocycles. The van der Waals surface area contributed by atoms with Crippen LogP contribution in [0.2, 0.25) is 0 Å². The van der Waals surface area contributed by atoms with Crippen molar-refractivity contribution in [3.63, 3.8) is 0 Å². The molecule has 0 spiro atoms. The number of benzene rings is 2. The highest BCUT2D eigenvalue weighted by molar-refractivity contribution is 6.07. The second-order valence-corrected chi connectivity index (χ2v) is 5.77. The van der Waals surface area contributed by atoms with E-state index in [2.05, 4.69) is 10.4 Å². The van der Waals surface area contributed by atoms with Gasteiger partial charge in [-0.25, -0.2) is 4.79 Å². The molecule has 2 aromatic carbocycles. The Morgan fingerprint density at radius 2 is 1.81 bits per heavy atom. The largest absolute Gasteiger partial charge is 0.505 e. The molecule has 3 aromatic rings. The lowest BCUT2D eigenvalue weighted by molar-refractivity contribution is 0.0698. The van der Waals surface area contributed by atoms with E-state index in [1.54, 1.807) is 24.3 Å². The lowest BCUT2D eigenvalue weighted by atomic mass is 10.1. The summed E-state index contributed by atoms with van der Waals surface area (Å²) in [7, 11) is 0. The molecular formula is C19H15N3O5. The maximum absolute atomic E-state index is 12.5. The number of carbonyl (C=O) groups excluding carboxylic acids is 1. The summed E-state index contributed by atoms with van der Waals surface area (Å²) in [5.41, 5.74) is 0.231. The molecule has 0 aliphatic rings. The summed E-state index contributed by atoms with van der Waals surface area (Å²) in [6, 6.07) is 13.6. The molecule has 0 unspecified atom stereocenters. The standard InChI is InChI=1S/C19H15N3O5/c1-11-5-4-6-12(9-11)22-16(24)10-15(23)17(21-22)18(25)20-14-8-3-2-7-13(14)19(26)27/h2-10,23H,1H3,(H,20,25)(H,26,27). The van der Waals surface area contributed by atoms with Crippen LogP contribution in [-0.2, 0) is 0 Å². The summed E-state index contributed by atoms with van der Waals surface area (Å²) in [6.45, 7) is 1.84. The van der Waals surface area contributed by atoms with Crippen molar-refractivity contribution in [1.29, 1.82) is 0 Å². The average Bonchev–Trinajstić information content (AvgIpc) is 2.62. The van der Waals surface area contributed by atoms with Crippen LogP contribution >= 0.6 is 0 Å². The van der Waals surface area contributed by atoms with Crippen molar-refractivity contribution in [2.45, 2.75) is 6.92 Å². The van der Waals surface area contributed by atoms with Crippen molar-refractivity contribution in [1.82, 2.24) is 9.78 Å². The first kappa shape index (κ1) is 17.9. The molecule has 0 saturated heterocycles. The number of aromatic carboxylic acids is 1. The van der Waals surface area contributed by atoms with Crippen LogP contribution in [0.1, 0.15) is 26.4 Å². The quantitative estimate of drug-likeness (QED) is 0.652. The molecule has 8 nitrogen and oxygen atoms in total. The molecule has 27 heavy (non-hydrogen) atoms. The third-order valence-corrected chi connectivity index (χ3v) is 3.78. The van der Waals surface area contributed by atoms with E-state index in [9.17, 15) is 24.6 Å². The van der Waals surface area contributed by atoms with Gasteiger partial charge in [-0.15, -0.1) is 0 Å². The first-order valence-electron chi connectivity index (χ1n) is 7.91. The number of carboxylic acids is 1. The Balaban J connectivity index is 2.02. The van der Waals surface area contributed by atoms with E-state index >= 15 is 0 Å². The highest BCUT2D eigenvalue weighted by Gasteiger charge is 2.19. The molecule has 0 atom stereocenters. The zero-order valence-corrected chi connectivity index (χ0v) is 14.2. The maximum atomic E-state index is 12.5. The Labute approximate surface area is 153 Å². The first-order valence-corrected chi connectivity index (χ1v) is 7.91. The Hall–Kier alpha value is -3.94. The van der Waals surface area contributed by atoms with Crippen LogP contribution in [0.25, 0.3) is 5.69 Å². The van der Waals surface area contributed by atoms with E-state index in [0.29, 0.717) is 5.69 Å². The monoisotopic (exact) mass is 365 g/mol. The zero-order chi connectivity index (χ0) is 19.6. The number of anilines is 1. The second kappa shape index (κ2) is 7.12. The summed E-state index contributed by atoms with van der Waals surface area (Å²) >= 11 is 0. The Kier molecular flexibility index (Phi) is 4.71. The first-order chi connectivity index (χ1) is 12.9. The van der Waals surface area contributed by atoms with E-state index in [-0.39, 0.29) is 11.3 Å². The summed E-state index contributed by atoms with van der Waals surface area (Å²) < 4.78 is 0.991. The van der Waals surface area contributed by atoms with Gasteiger partial charge in [-0.1, -0.05) is 24.3 Å². The highest BCUT2D eigenvalue weighted by atomic mass is 16.4. The SMILES string of the molecule is Cc1cccc(-n2nc(C(=O)Nc3ccccc3C(=O)O)c(O)cc2=O)c1. The molecular weight excluding hydrogens is 350 g/mol. The van der Waals surface area contributed by atoms with E-state index in [1.807, 2.05) is 13.0 Å². The van der Waals surface area contributed by atoms with Crippen molar-refractivity contribution < 1.29 is 19.8 Å². The van der Waals surface area contributed by atoms with Gasteiger partial charge in [0.05, 0.1) is 16.9 Å². The summed E-state index contributed by atoms with van der Waals surface area (Å²) in [4.78, 5) is 35.9. The van der Waals surface area contributed by atoms with E-state index in [1.165, 1.54) is 18.2 Å².